The molecule has 1 amide bonds. The average Bonchev–Trinajstić information content (AvgIpc) is 2.55. The van der Waals surface area contributed by atoms with Gasteiger partial charge in [0.05, 0.1) is 5.38 Å². The molecule has 2 rings (SSSR count). The van der Waals surface area contributed by atoms with Crippen LogP contribution in [-0.2, 0) is 0 Å². The van der Waals surface area contributed by atoms with Gasteiger partial charge in [-0.3, -0.25) is 9.69 Å². The molecule has 0 radical (unpaired) electrons. The van der Waals surface area contributed by atoms with E-state index in [0.717, 1.165) is 12.3 Å². The molecule has 0 spiro atoms. The van der Waals surface area contributed by atoms with Crippen molar-refractivity contribution in [2.24, 2.45) is 0 Å². The molecule has 0 aliphatic carbocycles. The summed E-state index contributed by atoms with van der Waals surface area (Å²) in [6.07, 6.45) is 0. The summed E-state index contributed by atoms with van der Waals surface area (Å²) >= 11 is 2.59. The van der Waals surface area contributed by atoms with Crippen LogP contribution in [0.5, 0.6) is 0 Å². The van der Waals surface area contributed by atoms with Crippen LogP contribution in [0.15, 0.2) is 5.38 Å². The maximum absolute atomic E-state index is 11.1. The van der Waals surface area contributed by atoms with Gasteiger partial charge in [-0.05, 0) is 11.5 Å². The highest BCUT2D eigenvalue weighted by Gasteiger charge is 2.23. The molecule has 11 heavy (non-hydrogen) atoms. The monoisotopic (exact) mass is 187 g/mol. The van der Waals surface area contributed by atoms with Gasteiger partial charge in [0.1, 0.15) is 0 Å². The normalized spacial score (nSPS) is 17.8. The number of rotatable bonds is 1. The summed E-state index contributed by atoms with van der Waals surface area (Å²) in [7, 11) is 0. The number of amides is 1. The van der Waals surface area contributed by atoms with E-state index in [-0.39, 0.29) is 5.24 Å². The molecule has 0 saturated carbocycles. The maximum Gasteiger partial charge on any atom is 0.287 e. The van der Waals surface area contributed by atoms with E-state index in [1.165, 1.54) is 23.3 Å². The van der Waals surface area contributed by atoms with Gasteiger partial charge in [-0.15, -0.1) is 5.10 Å². The lowest BCUT2D eigenvalue weighted by Crippen LogP contribution is -2.22. The molecule has 0 aromatic carbocycles. The summed E-state index contributed by atoms with van der Waals surface area (Å²) in [5, 5.41) is 5.67. The van der Waals surface area contributed by atoms with Gasteiger partial charge < -0.3 is 0 Å². The molecule has 0 bridgehead atoms. The Morgan fingerprint density at radius 2 is 2.55 bits per heavy atom. The highest BCUT2D eigenvalue weighted by Crippen LogP contribution is 2.23. The van der Waals surface area contributed by atoms with Crippen molar-refractivity contribution in [1.82, 2.24) is 9.59 Å². The molecular weight excluding hydrogens is 182 g/mol. The third kappa shape index (κ3) is 1.23. The molecule has 0 unspecified atom stereocenters. The average molecular weight is 187 g/mol. The highest BCUT2D eigenvalue weighted by molar-refractivity contribution is 8.14. The molecule has 2 heterocycles. The maximum atomic E-state index is 11.1. The molecule has 1 saturated heterocycles. The van der Waals surface area contributed by atoms with Gasteiger partial charge in [0.2, 0.25) is 0 Å². The molecule has 4 nitrogen and oxygen atoms in total. The van der Waals surface area contributed by atoms with Gasteiger partial charge in [-0.2, -0.15) is 0 Å². The Morgan fingerprint density at radius 1 is 1.64 bits per heavy atom. The second-order valence-corrected chi connectivity index (χ2v) is 3.69. The number of carbonyl (C=O) groups is 1. The van der Waals surface area contributed by atoms with Crippen molar-refractivity contribution in [3.8, 4) is 0 Å². The van der Waals surface area contributed by atoms with Gasteiger partial charge in [0.25, 0.3) is 5.24 Å². The Labute approximate surface area is 71.8 Å². The molecule has 1 fully saturated rings. The zero-order chi connectivity index (χ0) is 7.68. The fraction of sp³-hybridized carbons (Fsp3) is 0.400. The van der Waals surface area contributed by atoms with Gasteiger partial charge in [-0.1, -0.05) is 16.3 Å². The number of carbonyl (C=O) groups excluding carboxylic acids is 1. The second-order valence-electron chi connectivity index (χ2n) is 2.03. The van der Waals surface area contributed by atoms with Gasteiger partial charge in [0, 0.05) is 12.3 Å². The van der Waals surface area contributed by atoms with Crippen LogP contribution in [0.2, 0.25) is 0 Å². The smallest absolute Gasteiger partial charge is 0.284 e. The number of aromatic nitrogens is 2. The van der Waals surface area contributed by atoms with E-state index in [9.17, 15) is 4.79 Å². The second kappa shape index (κ2) is 2.78. The van der Waals surface area contributed by atoms with Crippen LogP contribution >= 0.6 is 23.3 Å². The summed E-state index contributed by atoms with van der Waals surface area (Å²) < 4.78 is 3.69. The lowest BCUT2D eigenvalue weighted by Gasteiger charge is -2.07. The first kappa shape index (κ1) is 7.05. The van der Waals surface area contributed by atoms with Gasteiger partial charge in [0.15, 0.2) is 5.82 Å². The van der Waals surface area contributed by atoms with E-state index in [1.54, 1.807) is 10.3 Å². The summed E-state index contributed by atoms with van der Waals surface area (Å²) in [4.78, 5) is 12.7. The molecule has 1 aliphatic rings. The molecule has 1 aromatic rings. The van der Waals surface area contributed by atoms with Crippen LogP contribution in [0.4, 0.5) is 10.6 Å². The van der Waals surface area contributed by atoms with Gasteiger partial charge >= 0.3 is 0 Å². The van der Waals surface area contributed by atoms with Crippen molar-refractivity contribution in [2.45, 2.75) is 0 Å². The minimum Gasteiger partial charge on any atom is -0.284 e. The fourth-order valence-electron chi connectivity index (χ4n) is 0.879. The Kier molecular flexibility index (Phi) is 1.79. The minimum atomic E-state index is 0.0812. The van der Waals surface area contributed by atoms with Crippen LogP contribution < -0.4 is 4.90 Å². The van der Waals surface area contributed by atoms with E-state index in [4.69, 9.17) is 0 Å². The standard InChI is InChI=1S/C5H5N3OS2/c9-5-8(1-2-10-5)4-3-11-7-6-4/h3H,1-2H2. The van der Waals surface area contributed by atoms with Crippen LogP contribution in [0.1, 0.15) is 0 Å². The number of nitrogens with zero attached hydrogens (tertiary/aromatic N) is 3. The van der Waals surface area contributed by atoms with Crippen molar-refractivity contribution >= 4 is 34.4 Å². The molecule has 0 atom stereocenters. The van der Waals surface area contributed by atoms with Crippen LogP contribution in [0, 0.1) is 0 Å². The number of hydrogen-bond donors (Lipinski definition) is 0. The third-order valence-corrected chi connectivity index (χ3v) is 2.73. The zero-order valence-electron chi connectivity index (χ0n) is 5.56. The number of hydrogen-bond acceptors (Lipinski definition) is 5. The lowest BCUT2D eigenvalue weighted by atomic mass is 10.6. The summed E-state index contributed by atoms with van der Waals surface area (Å²) in [5.74, 6) is 1.54. The Morgan fingerprint density at radius 3 is 3.09 bits per heavy atom. The minimum absolute atomic E-state index is 0.0812. The largest absolute Gasteiger partial charge is 0.287 e. The summed E-state index contributed by atoms with van der Waals surface area (Å²) in [5.41, 5.74) is 0. The third-order valence-electron chi connectivity index (χ3n) is 1.39. The van der Waals surface area contributed by atoms with Crippen molar-refractivity contribution in [2.75, 3.05) is 17.2 Å². The van der Waals surface area contributed by atoms with E-state index in [2.05, 4.69) is 9.59 Å². The van der Waals surface area contributed by atoms with Crippen LogP contribution in [0.3, 0.4) is 0 Å². The molecule has 1 aromatic heterocycles. The Bertz CT molecular complexity index is 261. The summed E-state index contributed by atoms with van der Waals surface area (Å²) in [6.45, 7) is 0.759. The molecule has 6 heteroatoms. The van der Waals surface area contributed by atoms with E-state index < -0.39 is 0 Å². The van der Waals surface area contributed by atoms with E-state index >= 15 is 0 Å². The first-order valence-electron chi connectivity index (χ1n) is 3.09. The Hall–Kier alpha value is -0.620. The zero-order valence-corrected chi connectivity index (χ0v) is 7.19. The Balaban J connectivity index is 2.23. The molecular formula is C5H5N3OS2. The van der Waals surface area contributed by atoms with Crippen LogP contribution in [0.25, 0.3) is 0 Å². The fourth-order valence-corrected chi connectivity index (χ4v) is 2.11. The van der Waals surface area contributed by atoms with Crippen molar-refractivity contribution in [3.63, 3.8) is 0 Å². The SMILES string of the molecule is O=C1SCCN1c1csnn1. The first-order chi connectivity index (χ1) is 5.38. The topological polar surface area (TPSA) is 46.1 Å². The predicted molar refractivity (Wildman–Crippen MR) is 45.1 cm³/mol. The van der Waals surface area contributed by atoms with Gasteiger partial charge in [-0.25, -0.2) is 0 Å². The number of anilines is 1. The molecule has 1 aliphatic heterocycles. The highest BCUT2D eigenvalue weighted by atomic mass is 32.2. The van der Waals surface area contributed by atoms with Crippen LogP contribution in [-0.4, -0.2) is 27.1 Å². The quantitative estimate of drug-likeness (QED) is 0.663. The summed E-state index contributed by atoms with van der Waals surface area (Å²) in [6, 6.07) is 0. The first-order valence-corrected chi connectivity index (χ1v) is 4.91. The van der Waals surface area contributed by atoms with E-state index in [1.807, 2.05) is 0 Å². The molecule has 58 valence electrons. The lowest BCUT2D eigenvalue weighted by molar-refractivity contribution is 0.266. The van der Waals surface area contributed by atoms with Crippen molar-refractivity contribution in [3.05, 3.63) is 5.38 Å². The number of thioether (sulfide) groups is 1. The van der Waals surface area contributed by atoms with Crippen molar-refractivity contribution < 1.29 is 4.79 Å². The predicted octanol–water partition coefficient (Wildman–Crippen LogP) is 1.21. The van der Waals surface area contributed by atoms with Crippen molar-refractivity contribution in [1.29, 1.82) is 0 Å². The van der Waals surface area contributed by atoms with E-state index in [0.29, 0.717) is 5.82 Å². The molecule has 0 N–H and O–H groups in total.